The van der Waals surface area contributed by atoms with Crippen LogP contribution in [0.2, 0.25) is 0 Å². The average Bonchev–Trinajstić information content (AvgIpc) is 1.49. The highest BCUT2D eigenvalue weighted by Gasteiger charge is 2.56. The largest absolute Gasteiger partial charge is 0.453 e. The Labute approximate surface area is 548 Å². The van der Waals surface area contributed by atoms with E-state index in [0.29, 0.717) is 0 Å². The summed E-state index contributed by atoms with van der Waals surface area (Å²) in [5.74, 6) is 1.63. The molecule has 14 aromatic carbocycles. The van der Waals surface area contributed by atoms with E-state index >= 15 is 0 Å². The van der Waals surface area contributed by atoms with E-state index in [1.807, 2.05) is 0 Å². The maximum absolute atomic E-state index is 8.10. The van der Waals surface area contributed by atoms with E-state index in [0.717, 1.165) is 61.9 Å². The first-order chi connectivity index (χ1) is 46.1. The zero-order valence-corrected chi connectivity index (χ0v) is 52.6. The van der Waals surface area contributed by atoms with E-state index in [-0.39, 0.29) is 10.8 Å². The summed E-state index contributed by atoms with van der Waals surface area (Å²) >= 11 is 0. The number of benzene rings is 14. The van der Waals surface area contributed by atoms with E-state index in [4.69, 9.17) is 4.74 Å². The Hall–Kier alpha value is -11.3. The van der Waals surface area contributed by atoms with Gasteiger partial charge >= 0.3 is 0 Å². The standard InChI is InChI=1S/C92H61NO/c1-89(2)72-38-20-14-36-62(72)66-48-80-68(46-78(66)89)70-50-84-86(52-82(70)91(80)74-40-22-16-32-58(74)59-33-17-23-41-75(59)91)94-87-53-83-71(51-85(87)93(84)88-64(55-28-10-6-11-29-55)44-57(54-26-8-5-9-27-54)45-65(88)56-30-12-7-13-31-56)69-47-79-67(63-37-15-21-39-73(63)90(79,3)4)49-81(69)92(83)76-42-24-18-34-60(76)61-35-19-25-43-77(61)92/h5-53H,1-4H3. The maximum atomic E-state index is 8.10. The van der Waals surface area contributed by atoms with Crippen LogP contribution < -0.4 is 9.64 Å². The van der Waals surface area contributed by atoms with Gasteiger partial charge in [-0.1, -0.05) is 264 Å². The number of hydrogen-bond donors (Lipinski definition) is 0. The van der Waals surface area contributed by atoms with E-state index in [1.165, 1.54) is 134 Å². The molecule has 0 unspecified atom stereocenters. The normalized spacial score (nSPS) is 15.6. The topological polar surface area (TPSA) is 12.5 Å². The van der Waals surface area contributed by atoms with Crippen LogP contribution in [0.1, 0.15) is 94.5 Å². The van der Waals surface area contributed by atoms with E-state index in [9.17, 15) is 0 Å². The molecule has 0 saturated heterocycles. The van der Waals surface area contributed by atoms with Gasteiger partial charge in [0.25, 0.3) is 0 Å². The molecule has 0 radical (unpaired) electrons. The molecule has 0 aromatic heterocycles. The number of anilines is 3. The van der Waals surface area contributed by atoms with Gasteiger partial charge in [0.05, 0.1) is 27.9 Å². The predicted octanol–water partition coefficient (Wildman–Crippen LogP) is 23.6. The Morgan fingerprint density at radius 1 is 0.213 bits per heavy atom. The van der Waals surface area contributed by atoms with Crippen LogP contribution in [0.5, 0.6) is 11.5 Å². The van der Waals surface area contributed by atoms with Crippen molar-refractivity contribution >= 4 is 17.1 Å². The number of rotatable bonds is 4. The van der Waals surface area contributed by atoms with Gasteiger partial charge in [0.15, 0.2) is 11.5 Å². The summed E-state index contributed by atoms with van der Waals surface area (Å²) in [4.78, 5) is 2.64. The quantitative estimate of drug-likeness (QED) is 0.174. The molecule has 0 amide bonds. The van der Waals surface area contributed by atoms with Crippen molar-refractivity contribution in [1.82, 2.24) is 0 Å². The van der Waals surface area contributed by atoms with E-state index in [1.54, 1.807) is 0 Å². The van der Waals surface area contributed by atoms with Crippen LogP contribution >= 0.6 is 0 Å². The fourth-order valence-corrected chi connectivity index (χ4v) is 19.0. The Morgan fingerprint density at radius 3 is 0.862 bits per heavy atom. The zero-order valence-electron chi connectivity index (χ0n) is 52.6. The molecule has 0 fully saturated rings. The van der Waals surface area contributed by atoms with Crippen LogP contribution in [-0.4, -0.2) is 0 Å². The van der Waals surface area contributed by atoms with Gasteiger partial charge in [-0.05, 0) is 216 Å². The molecule has 21 rings (SSSR count). The van der Waals surface area contributed by atoms with Crippen LogP contribution in [0, 0.1) is 0 Å². The van der Waals surface area contributed by atoms with E-state index in [2.05, 4.69) is 330 Å². The molecule has 2 nitrogen and oxygen atoms in total. The third-order valence-electron chi connectivity index (χ3n) is 23.1. The molecule has 0 N–H and O–H groups in total. The summed E-state index contributed by atoms with van der Waals surface area (Å²) in [5.41, 5.74) is 39.3. The van der Waals surface area contributed by atoms with Gasteiger partial charge in [-0.15, -0.1) is 0 Å². The lowest BCUT2D eigenvalue weighted by molar-refractivity contribution is 0.474. The van der Waals surface area contributed by atoms with Crippen molar-refractivity contribution in [2.24, 2.45) is 0 Å². The molecule has 2 spiro atoms. The predicted molar refractivity (Wildman–Crippen MR) is 385 cm³/mol. The Kier molecular flexibility index (Phi) is 10.2. The van der Waals surface area contributed by atoms with Crippen molar-refractivity contribution in [3.8, 4) is 112 Å². The van der Waals surface area contributed by atoms with Gasteiger partial charge in [-0.2, -0.15) is 0 Å². The summed E-state index contributed by atoms with van der Waals surface area (Å²) in [6, 6.07) is 114. The van der Waals surface area contributed by atoms with Gasteiger partial charge in [0.2, 0.25) is 0 Å². The molecule has 14 aromatic rings. The molecular weight excluding hydrogens is 1140 g/mol. The smallest absolute Gasteiger partial charge is 0.151 e. The molecule has 1 aliphatic heterocycles. The molecule has 6 aliphatic carbocycles. The lowest BCUT2D eigenvalue weighted by Crippen LogP contribution is -2.27. The van der Waals surface area contributed by atoms with Gasteiger partial charge in [0, 0.05) is 22.0 Å². The summed E-state index contributed by atoms with van der Waals surface area (Å²) < 4.78 is 8.10. The number of nitrogens with zero attached hydrogens (tertiary/aromatic N) is 1. The molecule has 7 aliphatic rings. The molecule has 0 saturated carbocycles. The van der Waals surface area contributed by atoms with Crippen molar-refractivity contribution in [2.45, 2.75) is 49.4 Å². The number of fused-ring (bicyclic) bond motifs is 28. The van der Waals surface area contributed by atoms with E-state index < -0.39 is 10.8 Å². The van der Waals surface area contributed by atoms with Crippen molar-refractivity contribution in [2.75, 3.05) is 4.90 Å². The lowest BCUT2D eigenvalue weighted by Gasteiger charge is -2.38. The van der Waals surface area contributed by atoms with Crippen LogP contribution in [0.4, 0.5) is 17.1 Å². The second-order valence-electron chi connectivity index (χ2n) is 28.1. The van der Waals surface area contributed by atoms with Gasteiger partial charge in [0.1, 0.15) is 0 Å². The molecule has 2 heteroatoms. The fourth-order valence-electron chi connectivity index (χ4n) is 19.0. The number of ether oxygens (including phenoxy) is 1. The van der Waals surface area contributed by atoms with Crippen molar-refractivity contribution in [3.05, 3.63) is 364 Å². The first kappa shape index (κ1) is 52.3. The maximum Gasteiger partial charge on any atom is 0.151 e. The minimum absolute atomic E-state index is 0.229. The molecule has 0 bridgehead atoms. The molecule has 94 heavy (non-hydrogen) atoms. The Morgan fingerprint density at radius 2 is 0.489 bits per heavy atom. The van der Waals surface area contributed by atoms with Crippen molar-refractivity contribution in [1.29, 1.82) is 0 Å². The highest BCUT2D eigenvalue weighted by atomic mass is 16.5. The van der Waals surface area contributed by atoms with Crippen LogP contribution in [0.25, 0.3) is 100 Å². The summed E-state index contributed by atoms with van der Waals surface area (Å²) in [5, 5.41) is 0. The van der Waals surface area contributed by atoms with Crippen molar-refractivity contribution < 1.29 is 4.74 Å². The molecule has 1 heterocycles. The van der Waals surface area contributed by atoms with Gasteiger partial charge in [-0.3, -0.25) is 0 Å². The molecule has 0 atom stereocenters. The molecular formula is C92H61NO. The van der Waals surface area contributed by atoms with Crippen LogP contribution in [0.3, 0.4) is 0 Å². The summed E-state index contributed by atoms with van der Waals surface area (Å²) in [6.07, 6.45) is 0. The average molecular weight is 1200 g/mol. The second kappa shape index (κ2) is 18.3. The van der Waals surface area contributed by atoms with Crippen LogP contribution in [-0.2, 0) is 21.7 Å². The highest BCUT2D eigenvalue weighted by molar-refractivity contribution is 6.08. The first-order valence-corrected chi connectivity index (χ1v) is 33.3. The minimum Gasteiger partial charge on any atom is -0.453 e. The monoisotopic (exact) mass is 1200 g/mol. The first-order valence-electron chi connectivity index (χ1n) is 33.3. The second-order valence-corrected chi connectivity index (χ2v) is 28.1. The van der Waals surface area contributed by atoms with Gasteiger partial charge in [-0.25, -0.2) is 0 Å². The zero-order chi connectivity index (χ0) is 62.1. The summed E-state index contributed by atoms with van der Waals surface area (Å²) in [7, 11) is 0. The lowest BCUT2D eigenvalue weighted by atomic mass is 9.69. The third kappa shape index (κ3) is 6.41. The minimum atomic E-state index is -0.659. The SMILES string of the molecule is CC1(C)c2ccccc2-c2cc3c(cc21)-c1cc2c(cc1C31c3ccccc3-c3ccccc31)Oc1cc3c(cc1N2c1c(-c2ccccc2)cc(-c2ccccc2)cc1-c1ccccc1)-c1cc2c(cc1C31c3ccccc3-c3ccccc31)-c1ccccc1C2(C)C. The summed E-state index contributed by atoms with van der Waals surface area (Å²) in [6.45, 7) is 9.68. The molecule has 440 valence electrons. The van der Waals surface area contributed by atoms with Crippen molar-refractivity contribution in [3.63, 3.8) is 0 Å². The fraction of sp³-hybridized carbons (Fsp3) is 0.0870. The third-order valence-corrected chi connectivity index (χ3v) is 23.1. The Bertz CT molecular complexity index is 5290. The van der Waals surface area contributed by atoms with Crippen LogP contribution in [0.15, 0.2) is 297 Å². The van der Waals surface area contributed by atoms with Gasteiger partial charge < -0.3 is 9.64 Å². The number of hydrogen-bond acceptors (Lipinski definition) is 2. The Balaban J connectivity index is 0.915. The highest BCUT2D eigenvalue weighted by Crippen LogP contribution is 2.71.